The summed E-state index contributed by atoms with van der Waals surface area (Å²) < 4.78 is 1.89. The number of nitrogens with two attached hydrogens (primary N) is 2. The number of carboxylic acid groups (broad SMARTS) is 1. The zero-order valence-electron chi connectivity index (χ0n) is 18.7. The van der Waals surface area contributed by atoms with Crippen LogP contribution in [0.3, 0.4) is 0 Å². The van der Waals surface area contributed by atoms with Crippen molar-refractivity contribution < 1.29 is 9.90 Å². The Balaban J connectivity index is 1.68. The van der Waals surface area contributed by atoms with Crippen molar-refractivity contribution in [2.45, 2.75) is 19.9 Å². The molecule has 0 atom stereocenters. The average molecular weight is 455 g/mol. The van der Waals surface area contributed by atoms with Gasteiger partial charge in [-0.1, -0.05) is 30.3 Å². The van der Waals surface area contributed by atoms with E-state index in [4.69, 9.17) is 16.9 Å². The normalized spacial score (nSPS) is 11.5. The van der Waals surface area contributed by atoms with Crippen LogP contribution in [0, 0.1) is 5.41 Å². The molecule has 1 heterocycles. The van der Waals surface area contributed by atoms with Gasteiger partial charge in [-0.05, 0) is 60.0 Å². The third kappa shape index (κ3) is 5.07. The van der Waals surface area contributed by atoms with E-state index in [0.29, 0.717) is 28.4 Å². The quantitative estimate of drug-likeness (QED) is 0.150. The Morgan fingerprint density at radius 1 is 1.03 bits per heavy atom. The predicted octanol–water partition coefficient (Wildman–Crippen LogP) is 4.61. The number of para-hydroxylation sites is 1. The number of benzene rings is 3. The number of carboxylic acids is 1. The topological polar surface area (TPSA) is 143 Å². The summed E-state index contributed by atoms with van der Waals surface area (Å²) in [7, 11) is 0. The molecule has 172 valence electrons. The number of aliphatic carboxylic acids is 1. The number of hydrogen-bond acceptors (Lipinski definition) is 6. The van der Waals surface area contributed by atoms with E-state index < -0.39 is 5.97 Å². The van der Waals surface area contributed by atoms with E-state index in [1.54, 1.807) is 19.2 Å². The fraction of sp³-hybridized carbons (Fsp3) is 0.115. The minimum absolute atomic E-state index is 0.107. The number of carbonyl (C=O) groups is 1. The van der Waals surface area contributed by atoms with E-state index in [-0.39, 0.29) is 13.0 Å². The van der Waals surface area contributed by atoms with E-state index in [1.807, 2.05) is 65.2 Å². The maximum absolute atomic E-state index is 11.4. The summed E-state index contributed by atoms with van der Waals surface area (Å²) in [4.78, 5) is 11.4. The molecule has 0 aliphatic carbocycles. The standard InChI is InChI=1S/C26H26N6O2/c1-16(30-31-22-5-3-2-4-6-22)24(29)15-32-14-19(12-26(33)34)23-8-7-17(11-25(23)32)18-9-20(27)13-21(28)10-18/h2-11,13-14,29,31H,12,15,27-28H2,1H3,(H,33,34)/b29-24?,30-16-. The lowest BCUT2D eigenvalue weighted by Gasteiger charge is -2.10. The summed E-state index contributed by atoms with van der Waals surface area (Å²) in [5, 5.41) is 23.1. The molecule has 7 N–H and O–H groups in total. The lowest BCUT2D eigenvalue weighted by molar-refractivity contribution is -0.136. The predicted molar refractivity (Wildman–Crippen MR) is 138 cm³/mol. The molecule has 34 heavy (non-hydrogen) atoms. The third-order valence-corrected chi connectivity index (χ3v) is 5.51. The summed E-state index contributed by atoms with van der Waals surface area (Å²) in [6, 6.07) is 20.7. The second-order valence-electron chi connectivity index (χ2n) is 8.13. The van der Waals surface area contributed by atoms with Gasteiger partial charge in [0.1, 0.15) is 0 Å². The van der Waals surface area contributed by atoms with Crippen LogP contribution in [0.15, 0.2) is 78.0 Å². The molecule has 8 nitrogen and oxygen atoms in total. The molecule has 4 aromatic rings. The fourth-order valence-corrected chi connectivity index (χ4v) is 3.84. The zero-order chi connectivity index (χ0) is 24.2. The highest BCUT2D eigenvalue weighted by molar-refractivity contribution is 6.40. The van der Waals surface area contributed by atoms with Crippen LogP contribution in [-0.4, -0.2) is 27.1 Å². The molecule has 0 unspecified atom stereocenters. The molecule has 0 bridgehead atoms. The van der Waals surface area contributed by atoms with Crippen molar-refractivity contribution in [2.75, 3.05) is 16.9 Å². The first kappa shape index (κ1) is 22.6. The Kier molecular flexibility index (Phi) is 6.31. The Bertz CT molecular complexity index is 1390. The molecule has 8 heteroatoms. The van der Waals surface area contributed by atoms with Gasteiger partial charge < -0.3 is 26.6 Å². The number of nitrogen functional groups attached to an aromatic ring is 2. The summed E-state index contributed by atoms with van der Waals surface area (Å²) in [6.07, 6.45) is 1.69. The van der Waals surface area contributed by atoms with Crippen LogP contribution >= 0.6 is 0 Å². The molecule has 0 fully saturated rings. The molecule has 0 aliphatic heterocycles. The van der Waals surface area contributed by atoms with Crippen LogP contribution in [0.5, 0.6) is 0 Å². The van der Waals surface area contributed by atoms with Crippen molar-refractivity contribution >= 4 is 45.4 Å². The van der Waals surface area contributed by atoms with Crippen molar-refractivity contribution in [3.8, 4) is 11.1 Å². The first-order valence-electron chi connectivity index (χ1n) is 10.7. The minimum atomic E-state index is -0.911. The highest BCUT2D eigenvalue weighted by Gasteiger charge is 2.15. The Morgan fingerprint density at radius 2 is 1.74 bits per heavy atom. The highest BCUT2D eigenvalue weighted by Crippen LogP contribution is 2.30. The summed E-state index contributed by atoms with van der Waals surface area (Å²) in [6.45, 7) is 2.01. The van der Waals surface area contributed by atoms with E-state index in [2.05, 4.69) is 10.5 Å². The number of anilines is 3. The number of aromatic nitrogens is 1. The van der Waals surface area contributed by atoms with Gasteiger partial charge in [0, 0.05) is 28.5 Å². The number of nitrogens with zero attached hydrogens (tertiary/aromatic N) is 2. The zero-order valence-corrected chi connectivity index (χ0v) is 18.7. The lowest BCUT2D eigenvalue weighted by atomic mass is 10.0. The van der Waals surface area contributed by atoms with Crippen molar-refractivity contribution in [3.05, 3.63) is 78.5 Å². The smallest absolute Gasteiger partial charge is 0.307 e. The molecule has 0 amide bonds. The number of fused-ring (bicyclic) bond motifs is 1. The Morgan fingerprint density at radius 3 is 2.41 bits per heavy atom. The molecular weight excluding hydrogens is 428 g/mol. The average Bonchev–Trinajstić information content (AvgIpc) is 3.13. The van der Waals surface area contributed by atoms with E-state index >= 15 is 0 Å². The number of hydrogen-bond donors (Lipinski definition) is 5. The molecule has 0 saturated heterocycles. The van der Waals surface area contributed by atoms with Gasteiger partial charge in [-0.15, -0.1) is 0 Å². The number of hydrazone groups is 1. The van der Waals surface area contributed by atoms with Crippen LogP contribution < -0.4 is 16.9 Å². The lowest BCUT2D eigenvalue weighted by Crippen LogP contribution is -2.17. The van der Waals surface area contributed by atoms with Gasteiger partial charge in [0.2, 0.25) is 0 Å². The molecule has 0 saturated carbocycles. The van der Waals surface area contributed by atoms with E-state index in [1.165, 1.54) is 0 Å². The van der Waals surface area contributed by atoms with Crippen molar-refractivity contribution in [1.82, 2.24) is 4.57 Å². The summed E-state index contributed by atoms with van der Waals surface area (Å²) in [5.74, 6) is -0.911. The van der Waals surface area contributed by atoms with Gasteiger partial charge in [-0.2, -0.15) is 5.10 Å². The minimum Gasteiger partial charge on any atom is -0.481 e. The number of rotatable bonds is 8. The molecule has 0 aliphatic rings. The van der Waals surface area contributed by atoms with Gasteiger partial charge in [0.15, 0.2) is 0 Å². The molecule has 0 spiro atoms. The van der Waals surface area contributed by atoms with Crippen LogP contribution in [-0.2, 0) is 17.8 Å². The second-order valence-corrected chi connectivity index (χ2v) is 8.13. The Labute approximate surface area is 197 Å². The molecule has 1 aromatic heterocycles. The maximum Gasteiger partial charge on any atom is 0.307 e. The van der Waals surface area contributed by atoms with Crippen LogP contribution in [0.4, 0.5) is 17.1 Å². The largest absolute Gasteiger partial charge is 0.481 e. The van der Waals surface area contributed by atoms with Gasteiger partial charge in [0.05, 0.1) is 30.1 Å². The maximum atomic E-state index is 11.4. The molecule has 0 radical (unpaired) electrons. The van der Waals surface area contributed by atoms with Gasteiger partial charge in [-0.3, -0.25) is 10.2 Å². The number of nitrogens with one attached hydrogen (secondary N) is 2. The molecule has 4 rings (SSSR count). The first-order chi connectivity index (χ1) is 16.3. The van der Waals surface area contributed by atoms with Gasteiger partial charge >= 0.3 is 5.97 Å². The summed E-state index contributed by atoms with van der Waals surface area (Å²) in [5.41, 5.74) is 21.0. The van der Waals surface area contributed by atoms with Crippen LogP contribution in [0.1, 0.15) is 12.5 Å². The fourth-order valence-electron chi connectivity index (χ4n) is 3.84. The van der Waals surface area contributed by atoms with Gasteiger partial charge in [-0.25, -0.2) is 0 Å². The highest BCUT2D eigenvalue weighted by atomic mass is 16.4. The third-order valence-electron chi connectivity index (χ3n) is 5.51. The second kappa shape index (κ2) is 9.50. The molecule has 3 aromatic carbocycles. The van der Waals surface area contributed by atoms with Crippen molar-refractivity contribution in [2.24, 2.45) is 5.10 Å². The van der Waals surface area contributed by atoms with Crippen LogP contribution in [0.25, 0.3) is 22.0 Å². The van der Waals surface area contributed by atoms with Gasteiger partial charge in [0.25, 0.3) is 0 Å². The van der Waals surface area contributed by atoms with E-state index in [9.17, 15) is 9.90 Å². The Hall–Kier alpha value is -4.59. The van der Waals surface area contributed by atoms with Crippen molar-refractivity contribution in [1.29, 1.82) is 5.41 Å². The summed E-state index contributed by atoms with van der Waals surface area (Å²) >= 11 is 0. The monoisotopic (exact) mass is 454 g/mol. The SMILES string of the molecule is C/C(=N/Nc1ccccc1)C(=N)Cn1cc(CC(=O)O)c2ccc(-c3cc(N)cc(N)c3)cc21. The van der Waals surface area contributed by atoms with Crippen LogP contribution in [0.2, 0.25) is 0 Å². The van der Waals surface area contributed by atoms with Crippen molar-refractivity contribution in [3.63, 3.8) is 0 Å². The van der Waals surface area contributed by atoms with E-state index in [0.717, 1.165) is 27.7 Å². The molecular formula is C26H26N6O2. The first-order valence-corrected chi connectivity index (χ1v) is 10.7.